The van der Waals surface area contributed by atoms with Gasteiger partial charge in [-0.05, 0) is 55.7 Å². The van der Waals surface area contributed by atoms with Crippen LogP contribution < -0.4 is 0 Å². The minimum Gasteiger partial charge on any atom is -0.388 e. The second-order valence-corrected chi connectivity index (χ2v) is 6.85. The molecular formula is C19H29FO. The maximum absolute atomic E-state index is 14.2. The molecule has 0 radical (unpaired) electrons. The van der Waals surface area contributed by atoms with Crippen molar-refractivity contribution >= 4 is 0 Å². The second-order valence-electron chi connectivity index (χ2n) is 6.85. The van der Waals surface area contributed by atoms with Gasteiger partial charge in [-0.1, -0.05) is 45.1 Å². The van der Waals surface area contributed by atoms with E-state index in [1.165, 1.54) is 32.1 Å². The van der Waals surface area contributed by atoms with Crippen LogP contribution in [0.5, 0.6) is 0 Å². The zero-order chi connectivity index (χ0) is 15.4. The Morgan fingerprint density at radius 3 is 2.43 bits per heavy atom. The van der Waals surface area contributed by atoms with Crippen LogP contribution in [0.4, 0.5) is 4.39 Å². The Hall–Kier alpha value is -0.890. The number of hydrogen-bond acceptors (Lipinski definition) is 1. The lowest BCUT2D eigenvalue weighted by atomic mass is 9.75. The van der Waals surface area contributed by atoms with E-state index < -0.39 is 6.10 Å². The summed E-state index contributed by atoms with van der Waals surface area (Å²) in [6, 6.07) is 3.51. The minimum atomic E-state index is -0.641. The fourth-order valence-corrected chi connectivity index (χ4v) is 3.82. The zero-order valence-corrected chi connectivity index (χ0v) is 13.7. The molecule has 0 heterocycles. The van der Waals surface area contributed by atoms with Gasteiger partial charge in [0, 0.05) is 5.56 Å². The Labute approximate surface area is 128 Å². The summed E-state index contributed by atoms with van der Waals surface area (Å²) in [5.41, 5.74) is 2.33. The minimum absolute atomic E-state index is 0.221. The molecule has 1 aliphatic carbocycles. The summed E-state index contributed by atoms with van der Waals surface area (Å²) < 4.78 is 14.2. The van der Waals surface area contributed by atoms with Crippen molar-refractivity contribution in [3.8, 4) is 0 Å². The van der Waals surface area contributed by atoms with Gasteiger partial charge in [0.1, 0.15) is 5.82 Å². The van der Waals surface area contributed by atoms with Crippen LogP contribution >= 0.6 is 0 Å². The highest BCUT2D eigenvalue weighted by Crippen LogP contribution is 2.40. The van der Waals surface area contributed by atoms with Crippen LogP contribution in [0.15, 0.2) is 12.1 Å². The predicted molar refractivity (Wildman–Crippen MR) is 85.8 cm³/mol. The molecule has 0 aromatic heterocycles. The van der Waals surface area contributed by atoms with Crippen molar-refractivity contribution in [2.45, 2.75) is 71.8 Å². The average Bonchev–Trinajstić information content (AvgIpc) is 2.44. The smallest absolute Gasteiger partial charge is 0.129 e. The summed E-state index contributed by atoms with van der Waals surface area (Å²) in [4.78, 5) is 0. The van der Waals surface area contributed by atoms with Crippen molar-refractivity contribution < 1.29 is 9.50 Å². The number of aliphatic hydroxyl groups is 1. The Kier molecular flexibility index (Phi) is 5.80. The summed E-state index contributed by atoms with van der Waals surface area (Å²) in [5, 5.41) is 10.6. The van der Waals surface area contributed by atoms with Crippen LogP contribution in [0.2, 0.25) is 0 Å². The van der Waals surface area contributed by atoms with Gasteiger partial charge in [0.15, 0.2) is 0 Å². The number of aliphatic hydroxyl groups excluding tert-OH is 1. The van der Waals surface area contributed by atoms with E-state index in [4.69, 9.17) is 0 Å². The van der Waals surface area contributed by atoms with E-state index in [2.05, 4.69) is 6.92 Å². The quantitative estimate of drug-likeness (QED) is 0.762. The summed E-state index contributed by atoms with van der Waals surface area (Å²) >= 11 is 0. The SMILES string of the molecule is CCCCC1CCC(C(O)c2c(C)cc(C)cc2F)CC1. The van der Waals surface area contributed by atoms with Crippen molar-refractivity contribution in [1.29, 1.82) is 0 Å². The molecule has 2 heteroatoms. The van der Waals surface area contributed by atoms with Crippen molar-refractivity contribution in [3.05, 3.63) is 34.6 Å². The predicted octanol–water partition coefficient (Wildman–Crippen LogP) is 5.47. The number of rotatable bonds is 5. The standard InChI is InChI=1S/C19H29FO/c1-4-5-6-15-7-9-16(10-8-15)19(21)18-14(3)11-13(2)12-17(18)20/h11-12,15-16,19,21H,4-10H2,1-3H3. The Morgan fingerprint density at radius 1 is 1.19 bits per heavy atom. The first kappa shape index (κ1) is 16.5. The lowest BCUT2D eigenvalue weighted by molar-refractivity contribution is 0.0686. The molecule has 0 bridgehead atoms. The van der Waals surface area contributed by atoms with E-state index in [1.807, 2.05) is 19.9 Å². The van der Waals surface area contributed by atoms with Gasteiger partial charge in [0.25, 0.3) is 0 Å². The highest BCUT2D eigenvalue weighted by molar-refractivity contribution is 5.34. The Morgan fingerprint density at radius 2 is 1.86 bits per heavy atom. The molecular weight excluding hydrogens is 263 g/mol. The summed E-state index contributed by atoms with van der Waals surface area (Å²) in [6.07, 6.45) is 7.68. The molecule has 1 aromatic rings. The van der Waals surface area contributed by atoms with Crippen LogP contribution in [-0.2, 0) is 0 Å². The van der Waals surface area contributed by atoms with Gasteiger partial charge in [-0.2, -0.15) is 0 Å². The maximum Gasteiger partial charge on any atom is 0.129 e. The number of hydrogen-bond donors (Lipinski definition) is 1. The van der Waals surface area contributed by atoms with Crippen LogP contribution in [0.25, 0.3) is 0 Å². The first-order valence-electron chi connectivity index (χ1n) is 8.47. The summed E-state index contributed by atoms with van der Waals surface area (Å²) in [5.74, 6) is 0.796. The van der Waals surface area contributed by atoms with E-state index in [0.29, 0.717) is 5.56 Å². The third-order valence-electron chi connectivity index (χ3n) is 5.08. The molecule has 1 aromatic carbocycles. The zero-order valence-electron chi connectivity index (χ0n) is 13.7. The molecule has 1 nitrogen and oxygen atoms in total. The van der Waals surface area contributed by atoms with E-state index in [0.717, 1.165) is 29.9 Å². The van der Waals surface area contributed by atoms with Crippen molar-refractivity contribution in [1.82, 2.24) is 0 Å². The molecule has 1 aliphatic rings. The van der Waals surface area contributed by atoms with Crippen molar-refractivity contribution in [3.63, 3.8) is 0 Å². The van der Waals surface area contributed by atoms with Gasteiger partial charge in [-0.25, -0.2) is 4.39 Å². The fourth-order valence-electron chi connectivity index (χ4n) is 3.82. The molecule has 1 atom stereocenters. The highest BCUT2D eigenvalue weighted by atomic mass is 19.1. The van der Waals surface area contributed by atoms with E-state index in [1.54, 1.807) is 6.07 Å². The van der Waals surface area contributed by atoms with Gasteiger partial charge in [-0.15, -0.1) is 0 Å². The third-order valence-corrected chi connectivity index (χ3v) is 5.08. The lowest BCUT2D eigenvalue weighted by Crippen LogP contribution is -2.22. The van der Waals surface area contributed by atoms with Crippen LogP contribution in [0.3, 0.4) is 0 Å². The van der Waals surface area contributed by atoms with Gasteiger partial charge in [0.05, 0.1) is 6.10 Å². The molecule has 1 N–H and O–H groups in total. The monoisotopic (exact) mass is 292 g/mol. The molecule has 2 rings (SSSR count). The molecule has 0 amide bonds. The third kappa shape index (κ3) is 4.06. The molecule has 21 heavy (non-hydrogen) atoms. The molecule has 1 fully saturated rings. The lowest BCUT2D eigenvalue weighted by Gasteiger charge is -2.32. The van der Waals surface area contributed by atoms with Gasteiger partial charge >= 0.3 is 0 Å². The van der Waals surface area contributed by atoms with Crippen LogP contribution in [-0.4, -0.2) is 5.11 Å². The summed E-state index contributed by atoms with van der Waals surface area (Å²) in [7, 11) is 0. The summed E-state index contributed by atoms with van der Waals surface area (Å²) in [6.45, 7) is 6.03. The van der Waals surface area contributed by atoms with Crippen molar-refractivity contribution in [2.24, 2.45) is 11.8 Å². The molecule has 1 saturated carbocycles. The maximum atomic E-state index is 14.2. The van der Waals surface area contributed by atoms with Gasteiger partial charge in [0.2, 0.25) is 0 Å². The Balaban J connectivity index is 2.00. The van der Waals surface area contributed by atoms with Crippen LogP contribution in [0, 0.1) is 31.5 Å². The number of benzene rings is 1. The highest BCUT2D eigenvalue weighted by Gasteiger charge is 2.29. The molecule has 1 unspecified atom stereocenters. The average molecular weight is 292 g/mol. The van der Waals surface area contributed by atoms with Crippen LogP contribution in [0.1, 0.15) is 74.7 Å². The first-order valence-corrected chi connectivity index (χ1v) is 8.47. The van der Waals surface area contributed by atoms with Crippen molar-refractivity contribution in [2.75, 3.05) is 0 Å². The second kappa shape index (κ2) is 7.40. The Bertz CT molecular complexity index is 438. The number of unbranched alkanes of at least 4 members (excludes halogenated alkanes) is 1. The van der Waals surface area contributed by atoms with E-state index >= 15 is 0 Å². The van der Waals surface area contributed by atoms with Gasteiger partial charge in [-0.3, -0.25) is 0 Å². The molecule has 118 valence electrons. The van der Waals surface area contributed by atoms with Gasteiger partial charge < -0.3 is 5.11 Å². The first-order chi connectivity index (χ1) is 10.0. The topological polar surface area (TPSA) is 20.2 Å². The largest absolute Gasteiger partial charge is 0.388 e. The van der Waals surface area contributed by atoms with E-state index in [9.17, 15) is 9.50 Å². The molecule has 0 spiro atoms. The fraction of sp³-hybridized carbons (Fsp3) is 0.684. The normalized spacial score (nSPS) is 24.0. The number of halogens is 1. The molecule has 0 aliphatic heterocycles. The molecule has 0 saturated heterocycles. The number of aryl methyl sites for hydroxylation is 2. The van der Waals surface area contributed by atoms with E-state index in [-0.39, 0.29) is 11.7 Å².